The Kier molecular flexibility index (Phi) is 6.74. The molecule has 0 aliphatic carbocycles. The van der Waals surface area contributed by atoms with Gasteiger partial charge in [-0.3, -0.25) is 9.69 Å². The highest BCUT2D eigenvalue weighted by atomic mass is 16.5. The van der Waals surface area contributed by atoms with Gasteiger partial charge in [0.15, 0.2) is 5.78 Å². The van der Waals surface area contributed by atoms with Gasteiger partial charge in [0, 0.05) is 49.7 Å². The number of Topliss-reactive ketones (excluding diaryl/α,β-unsaturated/α-hetero) is 1. The second-order valence-electron chi connectivity index (χ2n) is 8.19. The van der Waals surface area contributed by atoms with Gasteiger partial charge in [-0.2, -0.15) is 0 Å². The van der Waals surface area contributed by atoms with E-state index >= 15 is 0 Å². The van der Waals surface area contributed by atoms with Gasteiger partial charge in [0.05, 0.1) is 18.7 Å². The summed E-state index contributed by atoms with van der Waals surface area (Å²) >= 11 is 0. The topological polar surface area (TPSA) is 91.0 Å². The number of hydrogen-bond acceptors (Lipinski definition) is 6. The highest BCUT2D eigenvalue weighted by molar-refractivity contribution is 5.95. The van der Waals surface area contributed by atoms with E-state index in [0.29, 0.717) is 23.4 Å². The largest absolute Gasteiger partial charge is 0.466 e. The van der Waals surface area contributed by atoms with Crippen LogP contribution in [0.2, 0.25) is 0 Å². The number of ketones is 1. The van der Waals surface area contributed by atoms with Crippen LogP contribution >= 0.6 is 0 Å². The first-order valence-electron chi connectivity index (χ1n) is 11.0. The molecule has 8 nitrogen and oxygen atoms in total. The van der Waals surface area contributed by atoms with E-state index in [4.69, 9.17) is 4.74 Å². The van der Waals surface area contributed by atoms with Gasteiger partial charge in [-0.05, 0) is 36.8 Å². The number of hydrogen-bond donors (Lipinski definition) is 2. The average molecular weight is 449 g/mol. The lowest BCUT2D eigenvalue weighted by atomic mass is 9.95. The van der Waals surface area contributed by atoms with E-state index in [2.05, 4.69) is 20.4 Å². The van der Waals surface area contributed by atoms with Crippen molar-refractivity contribution in [1.82, 2.24) is 15.5 Å². The summed E-state index contributed by atoms with van der Waals surface area (Å²) in [6.07, 6.45) is 0. The predicted octanol–water partition coefficient (Wildman–Crippen LogP) is 2.49. The van der Waals surface area contributed by atoms with Crippen molar-refractivity contribution in [2.24, 2.45) is 0 Å². The Morgan fingerprint density at radius 3 is 2.27 bits per heavy atom. The molecule has 0 aromatic heterocycles. The molecule has 0 radical (unpaired) electrons. The van der Waals surface area contributed by atoms with Crippen LogP contribution in [-0.4, -0.2) is 62.5 Å². The molecule has 2 aromatic carbocycles. The molecule has 2 aliphatic rings. The van der Waals surface area contributed by atoms with Gasteiger partial charge in [-0.25, -0.2) is 9.59 Å². The molecular formula is C25H28N4O4. The third-order valence-corrected chi connectivity index (χ3v) is 6.08. The summed E-state index contributed by atoms with van der Waals surface area (Å²) < 4.78 is 5.06. The van der Waals surface area contributed by atoms with E-state index in [1.54, 1.807) is 6.92 Å². The second kappa shape index (κ2) is 9.87. The van der Waals surface area contributed by atoms with Crippen LogP contribution in [0.4, 0.5) is 10.5 Å². The van der Waals surface area contributed by atoms with Crippen LogP contribution in [0.3, 0.4) is 0 Å². The molecule has 2 heterocycles. The zero-order chi connectivity index (χ0) is 23.4. The van der Waals surface area contributed by atoms with Crippen LogP contribution in [0.25, 0.3) is 0 Å². The molecule has 0 unspecified atom stereocenters. The lowest BCUT2D eigenvalue weighted by Crippen LogP contribution is -2.51. The Labute approximate surface area is 193 Å². The first-order valence-corrected chi connectivity index (χ1v) is 11.0. The molecule has 0 bridgehead atoms. The molecule has 0 saturated carbocycles. The number of rotatable bonds is 6. The summed E-state index contributed by atoms with van der Waals surface area (Å²) in [6, 6.07) is 16.2. The lowest BCUT2D eigenvalue weighted by Gasteiger charge is -2.38. The molecule has 8 heteroatoms. The van der Waals surface area contributed by atoms with Gasteiger partial charge < -0.3 is 20.3 Å². The van der Waals surface area contributed by atoms with E-state index in [1.165, 1.54) is 7.11 Å². The minimum atomic E-state index is -0.566. The van der Waals surface area contributed by atoms with Crippen LogP contribution < -0.4 is 15.5 Å². The molecule has 2 N–H and O–H groups in total. The molecule has 1 fully saturated rings. The number of carbonyl (C=O) groups is 3. The fourth-order valence-corrected chi connectivity index (χ4v) is 4.28. The number of methoxy groups -OCH3 is 1. The first kappa shape index (κ1) is 22.5. The van der Waals surface area contributed by atoms with Crippen molar-refractivity contribution in [2.45, 2.75) is 13.0 Å². The van der Waals surface area contributed by atoms with Crippen molar-refractivity contribution in [1.29, 1.82) is 0 Å². The van der Waals surface area contributed by atoms with Gasteiger partial charge in [-0.15, -0.1) is 0 Å². The Bertz CT molecular complexity index is 1060. The van der Waals surface area contributed by atoms with Gasteiger partial charge >= 0.3 is 12.0 Å². The van der Waals surface area contributed by atoms with Crippen molar-refractivity contribution >= 4 is 23.5 Å². The van der Waals surface area contributed by atoms with Crippen LogP contribution in [0.1, 0.15) is 28.9 Å². The number of nitrogens with zero attached hydrogens (tertiary/aromatic N) is 2. The maximum Gasteiger partial charge on any atom is 0.338 e. The molecule has 2 amide bonds. The highest BCUT2D eigenvalue weighted by Gasteiger charge is 2.34. The predicted molar refractivity (Wildman–Crippen MR) is 125 cm³/mol. The number of nitrogens with one attached hydrogen (secondary N) is 2. The number of urea groups is 1. The van der Waals surface area contributed by atoms with E-state index < -0.39 is 12.0 Å². The minimum Gasteiger partial charge on any atom is -0.466 e. The number of amides is 2. The number of carbonyl (C=O) groups excluding carboxylic acids is 3. The number of anilines is 1. The standard InChI is InChI=1S/C25H28N4O4/c1-17(30)18-8-10-20(11-9-18)29-14-12-28(13-15-29)16-21-22(24(31)33-2)23(27-25(32)26-21)19-6-4-3-5-7-19/h3-11,23H,12-16H2,1-2H3,(H2,26,27,32)/t23-/m0/s1. The summed E-state index contributed by atoms with van der Waals surface area (Å²) in [6.45, 7) is 5.14. The summed E-state index contributed by atoms with van der Waals surface area (Å²) in [5, 5.41) is 5.68. The third kappa shape index (κ3) is 5.06. The van der Waals surface area contributed by atoms with Crippen molar-refractivity contribution in [3.05, 3.63) is 77.0 Å². The summed E-state index contributed by atoms with van der Waals surface area (Å²) in [7, 11) is 1.35. The number of ether oxygens (including phenoxy) is 1. The molecule has 4 rings (SSSR count). The number of esters is 1. The van der Waals surface area contributed by atoms with Crippen LogP contribution in [0, 0.1) is 0 Å². The Hall–Kier alpha value is -3.65. The van der Waals surface area contributed by atoms with Gasteiger partial charge in [0.1, 0.15) is 0 Å². The SMILES string of the molecule is COC(=O)C1=C(CN2CCN(c3ccc(C(C)=O)cc3)CC2)NC(=O)N[C@H]1c1ccccc1. The zero-order valence-electron chi connectivity index (χ0n) is 18.8. The Balaban J connectivity index is 1.49. The van der Waals surface area contributed by atoms with Crippen molar-refractivity contribution < 1.29 is 19.1 Å². The van der Waals surface area contributed by atoms with Crippen LogP contribution in [0.15, 0.2) is 65.9 Å². The highest BCUT2D eigenvalue weighted by Crippen LogP contribution is 2.28. The molecular weight excluding hydrogens is 420 g/mol. The van der Waals surface area contributed by atoms with Gasteiger partial charge in [-0.1, -0.05) is 30.3 Å². The average Bonchev–Trinajstić information content (AvgIpc) is 2.84. The minimum absolute atomic E-state index is 0.0545. The number of piperazine rings is 1. The summed E-state index contributed by atoms with van der Waals surface area (Å²) in [5.74, 6) is -0.408. The van der Waals surface area contributed by atoms with Crippen LogP contribution in [-0.2, 0) is 9.53 Å². The fraction of sp³-hybridized carbons (Fsp3) is 0.320. The second-order valence-corrected chi connectivity index (χ2v) is 8.19. The quantitative estimate of drug-likeness (QED) is 0.521. The summed E-state index contributed by atoms with van der Waals surface area (Å²) in [4.78, 5) is 41.1. The molecule has 33 heavy (non-hydrogen) atoms. The smallest absolute Gasteiger partial charge is 0.338 e. The van der Waals surface area contributed by atoms with Crippen molar-refractivity contribution in [3.8, 4) is 0 Å². The van der Waals surface area contributed by atoms with E-state index in [-0.39, 0.29) is 11.8 Å². The third-order valence-electron chi connectivity index (χ3n) is 6.08. The summed E-state index contributed by atoms with van der Waals surface area (Å²) in [5.41, 5.74) is 3.59. The van der Waals surface area contributed by atoms with E-state index in [0.717, 1.165) is 37.4 Å². The van der Waals surface area contributed by atoms with Crippen molar-refractivity contribution in [2.75, 3.05) is 44.7 Å². The van der Waals surface area contributed by atoms with Crippen LogP contribution in [0.5, 0.6) is 0 Å². The molecule has 1 saturated heterocycles. The van der Waals surface area contributed by atoms with Gasteiger partial charge in [0.2, 0.25) is 0 Å². The zero-order valence-corrected chi connectivity index (χ0v) is 18.8. The van der Waals surface area contributed by atoms with E-state index in [1.807, 2.05) is 54.6 Å². The molecule has 2 aromatic rings. The Morgan fingerprint density at radius 2 is 1.67 bits per heavy atom. The fourth-order valence-electron chi connectivity index (χ4n) is 4.28. The van der Waals surface area contributed by atoms with Crippen molar-refractivity contribution in [3.63, 3.8) is 0 Å². The Morgan fingerprint density at radius 1 is 1.00 bits per heavy atom. The van der Waals surface area contributed by atoms with E-state index in [9.17, 15) is 14.4 Å². The molecule has 0 spiro atoms. The molecule has 172 valence electrons. The molecule has 2 aliphatic heterocycles. The lowest BCUT2D eigenvalue weighted by molar-refractivity contribution is -0.136. The normalized spacial score (nSPS) is 19.0. The maximum absolute atomic E-state index is 12.7. The number of benzene rings is 2. The monoisotopic (exact) mass is 448 g/mol. The first-order chi connectivity index (χ1) is 16.0. The van der Waals surface area contributed by atoms with Gasteiger partial charge in [0.25, 0.3) is 0 Å². The maximum atomic E-state index is 12.7. The molecule has 1 atom stereocenters.